The summed E-state index contributed by atoms with van der Waals surface area (Å²) in [4.78, 5) is 25.1. The first kappa shape index (κ1) is 16.3. The van der Waals surface area contributed by atoms with E-state index in [2.05, 4.69) is 5.92 Å². The molecule has 1 aromatic rings. The van der Waals surface area contributed by atoms with Crippen LogP contribution in [0, 0.1) is 12.3 Å². The van der Waals surface area contributed by atoms with Crippen LogP contribution >= 0.6 is 23.4 Å². The Morgan fingerprint density at radius 3 is 2.68 bits per heavy atom. The Labute approximate surface area is 137 Å². The SMILES string of the molecule is C#CCN1C(=O)S/C(=C/c2cc(Cl)c(OC)c(OC)c2)C1=O. The molecular formula is C15H12ClNO4S. The van der Waals surface area contributed by atoms with E-state index < -0.39 is 5.91 Å². The summed E-state index contributed by atoms with van der Waals surface area (Å²) in [5.74, 6) is 2.70. The van der Waals surface area contributed by atoms with Crippen LogP contribution < -0.4 is 9.47 Å². The number of imide groups is 1. The van der Waals surface area contributed by atoms with Crippen LogP contribution in [0.5, 0.6) is 11.5 Å². The van der Waals surface area contributed by atoms with Crippen LogP contribution in [0.4, 0.5) is 4.79 Å². The third kappa shape index (κ3) is 3.06. The predicted molar refractivity (Wildman–Crippen MR) is 86.1 cm³/mol. The van der Waals surface area contributed by atoms with Crippen molar-refractivity contribution >= 4 is 40.6 Å². The summed E-state index contributed by atoms with van der Waals surface area (Å²) >= 11 is 6.95. The number of ether oxygens (including phenoxy) is 2. The van der Waals surface area contributed by atoms with Crippen LogP contribution in [0.1, 0.15) is 5.56 Å². The Morgan fingerprint density at radius 1 is 1.36 bits per heavy atom. The molecule has 0 aliphatic carbocycles. The van der Waals surface area contributed by atoms with Gasteiger partial charge in [-0.1, -0.05) is 17.5 Å². The number of terminal acetylenes is 1. The molecule has 0 saturated carbocycles. The van der Waals surface area contributed by atoms with Gasteiger partial charge in [0.2, 0.25) is 0 Å². The number of rotatable bonds is 4. The lowest BCUT2D eigenvalue weighted by atomic mass is 10.2. The maximum Gasteiger partial charge on any atom is 0.294 e. The minimum absolute atomic E-state index is 0.0469. The molecule has 0 radical (unpaired) electrons. The van der Waals surface area contributed by atoms with Gasteiger partial charge in [-0.05, 0) is 35.5 Å². The number of thioether (sulfide) groups is 1. The number of carbonyl (C=O) groups is 2. The van der Waals surface area contributed by atoms with Crippen molar-refractivity contribution in [1.29, 1.82) is 0 Å². The maximum absolute atomic E-state index is 12.1. The van der Waals surface area contributed by atoms with Crippen molar-refractivity contribution in [2.24, 2.45) is 0 Å². The number of hydrogen-bond donors (Lipinski definition) is 0. The second-order valence-corrected chi connectivity index (χ2v) is 5.61. The molecule has 0 bridgehead atoms. The predicted octanol–water partition coefficient (Wildman–Crippen LogP) is 3.03. The highest BCUT2D eigenvalue weighted by molar-refractivity contribution is 8.18. The van der Waals surface area contributed by atoms with Crippen LogP contribution in [0.15, 0.2) is 17.0 Å². The second-order valence-electron chi connectivity index (χ2n) is 4.21. The third-order valence-electron chi connectivity index (χ3n) is 2.88. The Hall–Kier alpha value is -2.10. The standard InChI is InChI=1S/C15H12ClNO4S/c1-4-5-17-14(18)12(22-15(17)19)8-9-6-10(16)13(21-3)11(7-9)20-2/h1,6-8H,5H2,2-3H3/b12-8+. The van der Waals surface area contributed by atoms with Crippen LogP contribution in [-0.4, -0.2) is 36.8 Å². The molecule has 114 valence electrons. The molecule has 22 heavy (non-hydrogen) atoms. The maximum atomic E-state index is 12.1. The molecule has 2 amide bonds. The van der Waals surface area contributed by atoms with Crippen molar-refractivity contribution in [3.05, 3.63) is 27.6 Å². The van der Waals surface area contributed by atoms with Gasteiger partial charge in [0.25, 0.3) is 11.1 Å². The first-order valence-electron chi connectivity index (χ1n) is 6.12. The number of nitrogens with zero attached hydrogens (tertiary/aromatic N) is 1. The van der Waals surface area contributed by atoms with E-state index in [-0.39, 0.29) is 16.7 Å². The molecule has 5 nitrogen and oxygen atoms in total. The molecule has 1 heterocycles. The van der Waals surface area contributed by atoms with Gasteiger partial charge in [-0.3, -0.25) is 14.5 Å². The van der Waals surface area contributed by atoms with Gasteiger partial charge in [-0.15, -0.1) is 6.42 Å². The van der Waals surface area contributed by atoms with E-state index in [1.807, 2.05) is 0 Å². The van der Waals surface area contributed by atoms with Crippen molar-refractivity contribution < 1.29 is 19.1 Å². The molecule has 7 heteroatoms. The zero-order valence-electron chi connectivity index (χ0n) is 11.9. The molecule has 2 rings (SSSR count). The molecule has 1 fully saturated rings. The van der Waals surface area contributed by atoms with Gasteiger partial charge in [-0.2, -0.15) is 0 Å². The van der Waals surface area contributed by atoms with Crippen LogP contribution in [-0.2, 0) is 4.79 Å². The largest absolute Gasteiger partial charge is 0.493 e. The molecule has 0 N–H and O–H groups in total. The second kappa shape index (κ2) is 6.77. The molecule has 1 aliphatic heterocycles. The Balaban J connectivity index is 2.38. The highest BCUT2D eigenvalue weighted by atomic mass is 35.5. The van der Waals surface area contributed by atoms with E-state index in [4.69, 9.17) is 27.5 Å². The Bertz CT molecular complexity index is 708. The number of halogens is 1. The van der Waals surface area contributed by atoms with Crippen LogP contribution in [0.3, 0.4) is 0 Å². The normalized spacial score (nSPS) is 16.1. The van der Waals surface area contributed by atoms with Crippen molar-refractivity contribution in [3.8, 4) is 23.8 Å². The topological polar surface area (TPSA) is 55.8 Å². The number of hydrogen-bond acceptors (Lipinski definition) is 5. The lowest BCUT2D eigenvalue weighted by Crippen LogP contribution is -2.28. The minimum atomic E-state index is -0.418. The van der Waals surface area contributed by atoms with E-state index in [0.29, 0.717) is 22.1 Å². The lowest BCUT2D eigenvalue weighted by molar-refractivity contribution is -0.122. The summed E-state index contributed by atoms with van der Waals surface area (Å²) in [6.07, 6.45) is 6.71. The van der Waals surface area contributed by atoms with Gasteiger partial charge in [0.15, 0.2) is 11.5 Å². The molecule has 1 aromatic carbocycles. The average molecular weight is 338 g/mol. The van der Waals surface area contributed by atoms with Gasteiger partial charge in [0.1, 0.15) is 0 Å². The minimum Gasteiger partial charge on any atom is -0.493 e. The molecule has 0 aromatic heterocycles. The first-order chi connectivity index (χ1) is 10.5. The fourth-order valence-corrected chi connectivity index (χ4v) is 3.03. The summed E-state index contributed by atoms with van der Waals surface area (Å²) in [6, 6.07) is 3.29. The summed E-state index contributed by atoms with van der Waals surface area (Å²) in [7, 11) is 2.97. The number of methoxy groups -OCH3 is 2. The monoisotopic (exact) mass is 337 g/mol. The fourth-order valence-electron chi connectivity index (χ4n) is 1.90. The van der Waals surface area contributed by atoms with Gasteiger partial charge in [0.05, 0.1) is 30.7 Å². The molecule has 0 spiro atoms. The van der Waals surface area contributed by atoms with Crippen LogP contribution in [0.25, 0.3) is 6.08 Å². The summed E-state index contributed by atoms with van der Waals surface area (Å²) in [5, 5.41) is -0.0447. The van der Waals surface area contributed by atoms with E-state index >= 15 is 0 Å². The van der Waals surface area contributed by atoms with E-state index in [1.165, 1.54) is 14.2 Å². The van der Waals surface area contributed by atoms with E-state index in [0.717, 1.165) is 16.7 Å². The number of amides is 2. The van der Waals surface area contributed by atoms with Gasteiger partial charge in [0, 0.05) is 0 Å². The molecular weight excluding hydrogens is 326 g/mol. The lowest BCUT2D eigenvalue weighted by Gasteiger charge is -2.10. The first-order valence-corrected chi connectivity index (χ1v) is 7.31. The molecule has 1 saturated heterocycles. The highest BCUT2D eigenvalue weighted by Gasteiger charge is 2.34. The highest BCUT2D eigenvalue weighted by Crippen LogP contribution is 2.38. The Morgan fingerprint density at radius 2 is 2.09 bits per heavy atom. The third-order valence-corrected chi connectivity index (χ3v) is 4.06. The van der Waals surface area contributed by atoms with Crippen molar-refractivity contribution in [3.63, 3.8) is 0 Å². The average Bonchev–Trinajstić information content (AvgIpc) is 2.74. The van der Waals surface area contributed by atoms with E-state index in [9.17, 15) is 9.59 Å². The number of carbonyl (C=O) groups excluding carboxylic acids is 2. The van der Waals surface area contributed by atoms with Gasteiger partial charge in [-0.25, -0.2) is 0 Å². The Kier molecular flexibility index (Phi) is 5.01. The van der Waals surface area contributed by atoms with Crippen molar-refractivity contribution in [2.45, 2.75) is 0 Å². The summed E-state index contributed by atoms with van der Waals surface area (Å²) in [5.41, 5.74) is 0.619. The van der Waals surface area contributed by atoms with Crippen molar-refractivity contribution in [1.82, 2.24) is 4.90 Å². The van der Waals surface area contributed by atoms with Crippen molar-refractivity contribution in [2.75, 3.05) is 20.8 Å². The van der Waals surface area contributed by atoms with E-state index in [1.54, 1.807) is 18.2 Å². The summed E-state index contributed by atoms with van der Waals surface area (Å²) < 4.78 is 10.3. The zero-order chi connectivity index (χ0) is 16.3. The quantitative estimate of drug-likeness (QED) is 0.624. The molecule has 0 unspecified atom stereocenters. The number of benzene rings is 1. The molecule has 0 atom stereocenters. The fraction of sp³-hybridized carbons (Fsp3) is 0.200. The zero-order valence-corrected chi connectivity index (χ0v) is 13.5. The van der Waals surface area contributed by atoms with Gasteiger partial charge < -0.3 is 9.47 Å². The smallest absolute Gasteiger partial charge is 0.294 e. The summed E-state index contributed by atoms with van der Waals surface area (Å²) in [6.45, 7) is -0.0469. The molecule has 1 aliphatic rings. The van der Waals surface area contributed by atoms with Crippen LogP contribution in [0.2, 0.25) is 5.02 Å². The van der Waals surface area contributed by atoms with Gasteiger partial charge >= 0.3 is 0 Å².